The molecule has 1 aromatic heterocycles. The Bertz CT molecular complexity index is 937. The molecule has 0 aliphatic rings. The van der Waals surface area contributed by atoms with Gasteiger partial charge in [0, 0.05) is 5.56 Å². The summed E-state index contributed by atoms with van der Waals surface area (Å²) in [5, 5.41) is 3.54. The number of benzene rings is 3. The van der Waals surface area contributed by atoms with E-state index in [1.165, 1.54) is 16.3 Å². The predicted octanol–water partition coefficient (Wildman–Crippen LogP) is 5.13. The first-order valence-electron chi connectivity index (χ1n) is 6.78. The molecule has 4 aromatic rings. The Morgan fingerprint density at radius 2 is 1.81 bits per heavy atom. The number of hydrogen-bond acceptors (Lipinski definition) is 3. The molecular weight excluding hydrogens is 278 g/mol. The summed E-state index contributed by atoms with van der Waals surface area (Å²) in [6.45, 7) is 0. The van der Waals surface area contributed by atoms with Crippen molar-refractivity contribution < 1.29 is 4.74 Å². The quantitative estimate of drug-likeness (QED) is 0.511. The van der Waals surface area contributed by atoms with Gasteiger partial charge in [-0.25, -0.2) is 4.98 Å². The third kappa shape index (κ3) is 2.06. The van der Waals surface area contributed by atoms with Gasteiger partial charge in [-0.05, 0) is 29.0 Å². The van der Waals surface area contributed by atoms with E-state index in [-0.39, 0.29) is 0 Å². The van der Waals surface area contributed by atoms with Crippen molar-refractivity contribution in [1.29, 1.82) is 0 Å². The van der Waals surface area contributed by atoms with E-state index in [1.807, 2.05) is 18.2 Å². The molecule has 21 heavy (non-hydrogen) atoms. The van der Waals surface area contributed by atoms with E-state index < -0.39 is 0 Å². The maximum Gasteiger partial charge on any atom is 0.125 e. The minimum absolute atomic E-state index is 0.871. The largest absolute Gasteiger partial charge is 0.497 e. The number of fused-ring (bicyclic) bond motifs is 2. The summed E-state index contributed by atoms with van der Waals surface area (Å²) in [5.41, 5.74) is 2.21. The van der Waals surface area contributed by atoms with Gasteiger partial charge in [-0.2, -0.15) is 0 Å². The first-order chi connectivity index (χ1) is 10.3. The van der Waals surface area contributed by atoms with Gasteiger partial charge in [-0.1, -0.05) is 42.5 Å². The van der Waals surface area contributed by atoms with Crippen LogP contribution in [0.15, 0.2) is 60.7 Å². The van der Waals surface area contributed by atoms with Crippen molar-refractivity contribution in [2.24, 2.45) is 0 Å². The molecule has 1 heterocycles. The molecule has 0 atom stereocenters. The highest BCUT2D eigenvalue weighted by Crippen LogP contribution is 2.35. The summed E-state index contributed by atoms with van der Waals surface area (Å²) in [4.78, 5) is 4.77. The molecule has 2 nitrogen and oxygen atoms in total. The zero-order chi connectivity index (χ0) is 14.2. The fourth-order valence-electron chi connectivity index (χ4n) is 2.56. The summed E-state index contributed by atoms with van der Waals surface area (Å²) in [6, 6.07) is 20.8. The number of aromatic nitrogens is 1. The SMILES string of the molecule is COc1ccc2nc(-c3cccc4ccccc34)sc2c1. The minimum atomic E-state index is 0.871. The minimum Gasteiger partial charge on any atom is -0.497 e. The molecule has 0 bridgehead atoms. The van der Waals surface area contributed by atoms with Crippen LogP contribution < -0.4 is 4.74 Å². The second-order valence-electron chi connectivity index (χ2n) is 4.88. The first-order valence-corrected chi connectivity index (χ1v) is 7.59. The highest BCUT2D eigenvalue weighted by molar-refractivity contribution is 7.21. The lowest BCUT2D eigenvalue weighted by Crippen LogP contribution is -1.81. The smallest absolute Gasteiger partial charge is 0.125 e. The van der Waals surface area contributed by atoms with Gasteiger partial charge in [0.2, 0.25) is 0 Å². The van der Waals surface area contributed by atoms with E-state index >= 15 is 0 Å². The molecule has 0 unspecified atom stereocenters. The lowest BCUT2D eigenvalue weighted by Gasteiger charge is -2.02. The second kappa shape index (κ2) is 4.86. The van der Waals surface area contributed by atoms with Gasteiger partial charge in [0.05, 0.1) is 17.3 Å². The van der Waals surface area contributed by atoms with Crippen LogP contribution in [0.4, 0.5) is 0 Å². The maximum absolute atomic E-state index is 5.29. The Kier molecular flexibility index (Phi) is 2.86. The molecule has 0 aliphatic carbocycles. The molecule has 0 spiro atoms. The van der Waals surface area contributed by atoms with Crippen molar-refractivity contribution in [3.05, 3.63) is 60.7 Å². The van der Waals surface area contributed by atoms with Crippen LogP contribution in [-0.2, 0) is 0 Å². The van der Waals surface area contributed by atoms with Crippen molar-refractivity contribution in [3.63, 3.8) is 0 Å². The van der Waals surface area contributed by atoms with Gasteiger partial charge < -0.3 is 4.74 Å². The molecule has 0 saturated heterocycles. The van der Waals surface area contributed by atoms with Gasteiger partial charge in [0.1, 0.15) is 10.8 Å². The number of nitrogens with zero attached hydrogens (tertiary/aromatic N) is 1. The van der Waals surface area contributed by atoms with Crippen LogP contribution in [0.5, 0.6) is 5.75 Å². The number of rotatable bonds is 2. The lowest BCUT2D eigenvalue weighted by atomic mass is 10.1. The average Bonchev–Trinajstić information content (AvgIpc) is 2.97. The van der Waals surface area contributed by atoms with Crippen LogP contribution in [0.3, 0.4) is 0 Å². The van der Waals surface area contributed by atoms with E-state index in [4.69, 9.17) is 9.72 Å². The molecule has 4 rings (SSSR count). The van der Waals surface area contributed by atoms with Gasteiger partial charge in [0.15, 0.2) is 0 Å². The van der Waals surface area contributed by atoms with Crippen LogP contribution in [0.1, 0.15) is 0 Å². The van der Waals surface area contributed by atoms with Gasteiger partial charge >= 0.3 is 0 Å². The van der Waals surface area contributed by atoms with Crippen molar-refractivity contribution >= 4 is 32.3 Å². The van der Waals surface area contributed by atoms with Gasteiger partial charge in [-0.15, -0.1) is 11.3 Å². The zero-order valence-electron chi connectivity index (χ0n) is 11.5. The summed E-state index contributed by atoms with van der Waals surface area (Å²) >= 11 is 1.70. The predicted molar refractivity (Wildman–Crippen MR) is 89.1 cm³/mol. The third-order valence-corrected chi connectivity index (χ3v) is 4.67. The van der Waals surface area contributed by atoms with Gasteiger partial charge in [0.25, 0.3) is 0 Å². The molecule has 3 heteroatoms. The summed E-state index contributed by atoms with van der Waals surface area (Å²) in [6.07, 6.45) is 0. The highest BCUT2D eigenvalue weighted by atomic mass is 32.1. The normalized spacial score (nSPS) is 11.1. The molecule has 0 N–H and O–H groups in total. The summed E-state index contributed by atoms with van der Waals surface area (Å²) in [5.74, 6) is 0.871. The van der Waals surface area contributed by atoms with E-state index in [0.717, 1.165) is 21.0 Å². The Balaban J connectivity index is 1.96. The van der Waals surface area contributed by atoms with Crippen molar-refractivity contribution in [2.45, 2.75) is 0 Å². The Hall–Kier alpha value is -2.39. The molecule has 0 radical (unpaired) electrons. The fraction of sp³-hybridized carbons (Fsp3) is 0.0556. The van der Waals surface area contributed by atoms with Gasteiger partial charge in [-0.3, -0.25) is 0 Å². The Morgan fingerprint density at radius 1 is 0.952 bits per heavy atom. The standard InChI is InChI=1S/C18H13NOS/c1-20-13-9-10-16-17(11-13)21-18(19-16)15-8-4-6-12-5-2-3-7-14(12)15/h2-11H,1H3. The molecule has 0 saturated carbocycles. The molecule has 102 valence electrons. The lowest BCUT2D eigenvalue weighted by molar-refractivity contribution is 0.415. The van der Waals surface area contributed by atoms with E-state index in [2.05, 4.69) is 42.5 Å². The van der Waals surface area contributed by atoms with E-state index in [0.29, 0.717) is 0 Å². The van der Waals surface area contributed by atoms with E-state index in [1.54, 1.807) is 18.4 Å². The second-order valence-corrected chi connectivity index (χ2v) is 5.91. The summed E-state index contributed by atoms with van der Waals surface area (Å²) in [7, 11) is 1.69. The first kappa shape index (κ1) is 12.4. The Labute approximate surface area is 126 Å². The number of thiazole rings is 1. The number of methoxy groups -OCH3 is 1. The van der Waals surface area contributed by atoms with Crippen molar-refractivity contribution in [1.82, 2.24) is 4.98 Å². The zero-order valence-corrected chi connectivity index (χ0v) is 12.4. The third-order valence-electron chi connectivity index (χ3n) is 3.62. The molecule has 0 aliphatic heterocycles. The molecule has 0 fully saturated rings. The monoisotopic (exact) mass is 291 g/mol. The molecule has 0 amide bonds. The summed E-state index contributed by atoms with van der Waals surface area (Å²) < 4.78 is 6.44. The van der Waals surface area contributed by atoms with Crippen LogP contribution in [-0.4, -0.2) is 12.1 Å². The van der Waals surface area contributed by atoms with Crippen LogP contribution in [0.25, 0.3) is 31.6 Å². The fourth-order valence-corrected chi connectivity index (χ4v) is 3.59. The van der Waals surface area contributed by atoms with Crippen molar-refractivity contribution in [3.8, 4) is 16.3 Å². The average molecular weight is 291 g/mol. The molecular formula is C18H13NOS. The number of hydrogen-bond donors (Lipinski definition) is 0. The van der Waals surface area contributed by atoms with Crippen molar-refractivity contribution in [2.75, 3.05) is 7.11 Å². The van der Waals surface area contributed by atoms with Crippen LogP contribution in [0.2, 0.25) is 0 Å². The number of ether oxygens (including phenoxy) is 1. The maximum atomic E-state index is 5.29. The van der Waals surface area contributed by atoms with E-state index in [9.17, 15) is 0 Å². The van der Waals surface area contributed by atoms with Crippen LogP contribution >= 0.6 is 11.3 Å². The highest BCUT2D eigenvalue weighted by Gasteiger charge is 2.09. The van der Waals surface area contributed by atoms with Crippen LogP contribution in [0, 0.1) is 0 Å². The molecule has 3 aromatic carbocycles. The Morgan fingerprint density at radius 3 is 2.71 bits per heavy atom. The topological polar surface area (TPSA) is 22.1 Å².